The molecule has 2 amide bonds. The fraction of sp³-hybridized carbons (Fsp3) is 0.550. The lowest BCUT2D eigenvalue weighted by atomic mass is 10.0. The Hall–Kier alpha value is -3.25. The summed E-state index contributed by atoms with van der Waals surface area (Å²) in [6.07, 6.45) is 1.31. The summed E-state index contributed by atoms with van der Waals surface area (Å²) in [4.78, 5) is 32.1. The van der Waals surface area contributed by atoms with Gasteiger partial charge in [-0.1, -0.05) is 0 Å². The zero-order valence-electron chi connectivity index (χ0n) is 17.1. The van der Waals surface area contributed by atoms with Gasteiger partial charge in [-0.25, -0.2) is 10.4 Å². The highest BCUT2D eigenvalue weighted by atomic mass is 16.5. The third-order valence-electron chi connectivity index (χ3n) is 5.16. The third-order valence-corrected chi connectivity index (χ3v) is 5.16. The number of pyridine rings is 1. The fourth-order valence-corrected chi connectivity index (χ4v) is 3.40. The minimum Gasteiger partial charge on any atom is -0.379 e. The molecule has 3 heterocycles. The Morgan fingerprint density at radius 1 is 1.19 bits per heavy atom. The van der Waals surface area contributed by atoms with Crippen molar-refractivity contribution >= 4 is 17.6 Å². The summed E-state index contributed by atoms with van der Waals surface area (Å²) in [5, 5.41) is 17.9. The van der Waals surface area contributed by atoms with Crippen LogP contribution in [0.15, 0.2) is 18.3 Å². The van der Waals surface area contributed by atoms with Crippen molar-refractivity contribution in [3.8, 4) is 12.1 Å². The Morgan fingerprint density at radius 3 is 2.68 bits per heavy atom. The molecule has 3 rings (SSSR count). The number of anilines is 1. The molecule has 2 N–H and O–H groups in total. The molecule has 2 atom stereocenters. The van der Waals surface area contributed by atoms with E-state index in [0.29, 0.717) is 38.3 Å². The summed E-state index contributed by atoms with van der Waals surface area (Å²) in [5.74, 6) is -0.411. The average molecular weight is 427 g/mol. The van der Waals surface area contributed by atoms with Gasteiger partial charge in [-0.3, -0.25) is 15.0 Å². The van der Waals surface area contributed by atoms with E-state index in [1.165, 1.54) is 0 Å². The van der Waals surface area contributed by atoms with E-state index >= 15 is 0 Å². The molecule has 164 valence electrons. The van der Waals surface area contributed by atoms with Crippen LogP contribution in [-0.2, 0) is 19.1 Å². The lowest BCUT2D eigenvalue weighted by Crippen LogP contribution is -2.55. The first-order valence-corrected chi connectivity index (χ1v) is 10.1. The molecular weight excluding hydrogens is 402 g/mol. The molecule has 2 aliphatic heterocycles. The standard InChI is InChI=1S/C20H25N7O4/c21-11-15-1-2-18(23-13-15)26-4-6-27(7-5-26)19(28)3-8-30-9-10-31-17-14-24-25-20(29)16(17)12-22/h1-2,13,16-17,24H,3-10,14H2,(H,25,29). The SMILES string of the molecule is N#Cc1ccc(N2CCN(C(=O)CCOCCOC3CNNC(=O)C3C#N)CC2)nc1. The van der Waals surface area contributed by atoms with Gasteiger partial charge in [-0.15, -0.1) is 0 Å². The number of carbonyl (C=O) groups is 2. The predicted octanol–water partition coefficient (Wildman–Crippen LogP) is -0.832. The first-order valence-electron chi connectivity index (χ1n) is 10.1. The van der Waals surface area contributed by atoms with E-state index in [4.69, 9.17) is 20.0 Å². The molecule has 31 heavy (non-hydrogen) atoms. The van der Waals surface area contributed by atoms with Crippen LogP contribution in [0.5, 0.6) is 0 Å². The Kier molecular flexibility index (Phi) is 8.12. The van der Waals surface area contributed by atoms with Gasteiger partial charge in [0.25, 0.3) is 5.91 Å². The number of hydrogen-bond donors (Lipinski definition) is 2. The van der Waals surface area contributed by atoms with E-state index in [-0.39, 0.29) is 32.1 Å². The van der Waals surface area contributed by atoms with Crippen molar-refractivity contribution in [2.45, 2.75) is 12.5 Å². The number of hydrogen-bond acceptors (Lipinski definition) is 9. The van der Waals surface area contributed by atoms with E-state index in [9.17, 15) is 9.59 Å². The van der Waals surface area contributed by atoms with Crippen LogP contribution in [0, 0.1) is 28.6 Å². The molecule has 11 heteroatoms. The van der Waals surface area contributed by atoms with Crippen LogP contribution in [-0.4, -0.2) is 80.3 Å². The summed E-state index contributed by atoms with van der Waals surface area (Å²) in [6, 6.07) is 7.54. The van der Waals surface area contributed by atoms with E-state index < -0.39 is 17.9 Å². The molecule has 2 aliphatic rings. The number of hydrazine groups is 1. The minimum atomic E-state index is -0.846. The van der Waals surface area contributed by atoms with Crippen LogP contribution < -0.4 is 15.8 Å². The third kappa shape index (κ3) is 6.12. The van der Waals surface area contributed by atoms with Gasteiger partial charge in [-0.2, -0.15) is 10.5 Å². The van der Waals surface area contributed by atoms with Gasteiger partial charge in [0.2, 0.25) is 5.91 Å². The predicted molar refractivity (Wildman–Crippen MR) is 108 cm³/mol. The number of piperazine rings is 1. The molecule has 2 saturated heterocycles. The molecule has 1 aromatic rings. The van der Waals surface area contributed by atoms with E-state index in [1.54, 1.807) is 12.3 Å². The zero-order chi connectivity index (χ0) is 22.1. The Bertz CT molecular complexity index is 841. The van der Waals surface area contributed by atoms with Gasteiger partial charge in [-0.05, 0) is 12.1 Å². The van der Waals surface area contributed by atoms with Gasteiger partial charge in [0.15, 0.2) is 5.92 Å². The average Bonchev–Trinajstić information content (AvgIpc) is 2.81. The van der Waals surface area contributed by atoms with Crippen LogP contribution in [0.3, 0.4) is 0 Å². The normalized spacial score (nSPS) is 21.2. The highest BCUT2D eigenvalue weighted by molar-refractivity contribution is 5.82. The van der Waals surface area contributed by atoms with Crippen molar-refractivity contribution in [3.63, 3.8) is 0 Å². The van der Waals surface area contributed by atoms with Crippen LogP contribution >= 0.6 is 0 Å². The quantitative estimate of drug-likeness (QED) is 0.508. The lowest BCUT2D eigenvalue weighted by Gasteiger charge is -2.35. The summed E-state index contributed by atoms with van der Waals surface area (Å²) >= 11 is 0. The van der Waals surface area contributed by atoms with Gasteiger partial charge in [0.1, 0.15) is 11.9 Å². The molecule has 11 nitrogen and oxygen atoms in total. The number of nitriles is 2. The van der Waals surface area contributed by atoms with Crippen molar-refractivity contribution in [2.75, 3.05) is 57.4 Å². The molecule has 1 aromatic heterocycles. The molecule has 0 aromatic carbocycles. The molecule has 0 aliphatic carbocycles. The number of amides is 2. The van der Waals surface area contributed by atoms with Crippen LogP contribution in [0.2, 0.25) is 0 Å². The Balaban J connectivity index is 1.29. The van der Waals surface area contributed by atoms with E-state index in [1.807, 2.05) is 23.1 Å². The van der Waals surface area contributed by atoms with Gasteiger partial charge >= 0.3 is 0 Å². The Labute approximate surface area is 180 Å². The van der Waals surface area contributed by atoms with Gasteiger partial charge in [0.05, 0.1) is 44.0 Å². The second-order valence-electron chi connectivity index (χ2n) is 7.13. The zero-order valence-corrected chi connectivity index (χ0v) is 17.1. The van der Waals surface area contributed by atoms with Gasteiger partial charge in [0, 0.05) is 38.9 Å². The van der Waals surface area contributed by atoms with Crippen LogP contribution in [0.4, 0.5) is 5.82 Å². The fourth-order valence-electron chi connectivity index (χ4n) is 3.40. The van der Waals surface area contributed by atoms with E-state index in [0.717, 1.165) is 5.82 Å². The first-order chi connectivity index (χ1) is 15.1. The summed E-state index contributed by atoms with van der Waals surface area (Å²) < 4.78 is 11.0. The van der Waals surface area contributed by atoms with Crippen molar-refractivity contribution in [1.29, 1.82) is 10.5 Å². The van der Waals surface area contributed by atoms with Crippen molar-refractivity contribution in [2.24, 2.45) is 5.92 Å². The highest BCUT2D eigenvalue weighted by Crippen LogP contribution is 2.14. The first kappa shape index (κ1) is 22.4. The number of nitrogens with zero attached hydrogens (tertiary/aromatic N) is 5. The van der Waals surface area contributed by atoms with Crippen LogP contribution in [0.25, 0.3) is 0 Å². The maximum absolute atomic E-state index is 12.4. The van der Waals surface area contributed by atoms with Crippen molar-refractivity contribution in [1.82, 2.24) is 20.7 Å². The molecule has 0 spiro atoms. The molecule has 2 fully saturated rings. The molecule has 0 saturated carbocycles. The monoisotopic (exact) mass is 427 g/mol. The maximum Gasteiger partial charge on any atom is 0.254 e. The second kappa shape index (κ2) is 11.2. The molecular formula is C20H25N7O4. The van der Waals surface area contributed by atoms with E-state index in [2.05, 4.69) is 20.7 Å². The maximum atomic E-state index is 12.4. The van der Waals surface area contributed by atoms with Crippen molar-refractivity contribution in [3.05, 3.63) is 23.9 Å². The number of ether oxygens (including phenoxy) is 2. The smallest absolute Gasteiger partial charge is 0.254 e. The summed E-state index contributed by atoms with van der Waals surface area (Å²) in [5.41, 5.74) is 5.61. The summed E-state index contributed by atoms with van der Waals surface area (Å²) in [7, 11) is 0. The summed E-state index contributed by atoms with van der Waals surface area (Å²) in [6.45, 7) is 3.73. The number of aromatic nitrogens is 1. The molecule has 0 radical (unpaired) electrons. The Morgan fingerprint density at radius 2 is 2.00 bits per heavy atom. The lowest BCUT2D eigenvalue weighted by molar-refractivity contribution is -0.135. The molecule has 0 bridgehead atoms. The van der Waals surface area contributed by atoms with Crippen molar-refractivity contribution < 1.29 is 19.1 Å². The minimum absolute atomic E-state index is 0.0334. The highest BCUT2D eigenvalue weighted by Gasteiger charge is 2.32. The number of nitrogens with one attached hydrogen (secondary N) is 2. The molecule has 2 unspecified atom stereocenters. The topological polar surface area (TPSA) is 144 Å². The van der Waals surface area contributed by atoms with Gasteiger partial charge < -0.3 is 19.3 Å². The number of rotatable bonds is 8. The second-order valence-corrected chi connectivity index (χ2v) is 7.13. The number of carbonyl (C=O) groups excluding carboxylic acids is 2. The largest absolute Gasteiger partial charge is 0.379 e. The van der Waals surface area contributed by atoms with Crippen LogP contribution in [0.1, 0.15) is 12.0 Å².